The van der Waals surface area contributed by atoms with Gasteiger partial charge in [0.05, 0.1) is 18.8 Å². The molecular weight excluding hydrogens is 469 g/mol. The van der Waals surface area contributed by atoms with Crippen LogP contribution in [0.5, 0.6) is 0 Å². The minimum atomic E-state index is -0.0156. The highest BCUT2D eigenvalue weighted by molar-refractivity contribution is 14.0. The van der Waals surface area contributed by atoms with Gasteiger partial charge in [-0.15, -0.1) is 34.2 Å². The Kier molecular flexibility index (Phi) is 10.7. The van der Waals surface area contributed by atoms with E-state index in [0.717, 1.165) is 57.5 Å². The Labute approximate surface area is 186 Å². The Balaban J connectivity index is 0.00000392. The third-order valence-corrected chi connectivity index (χ3v) is 4.90. The van der Waals surface area contributed by atoms with E-state index in [0.29, 0.717) is 0 Å². The number of hydrogen-bond donors (Lipinski definition) is 2. The van der Waals surface area contributed by atoms with Gasteiger partial charge in [0.25, 0.3) is 0 Å². The van der Waals surface area contributed by atoms with Crippen molar-refractivity contribution in [2.75, 3.05) is 32.7 Å². The first-order valence-electron chi connectivity index (χ1n) is 10.1. The highest BCUT2D eigenvalue weighted by Crippen LogP contribution is 2.21. The minimum Gasteiger partial charge on any atom is -0.373 e. The molecule has 0 bridgehead atoms. The Morgan fingerprint density at radius 3 is 2.54 bits per heavy atom. The van der Waals surface area contributed by atoms with Crippen LogP contribution >= 0.6 is 24.0 Å². The van der Waals surface area contributed by atoms with Crippen molar-refractivity contribution in [3.63, 3.8) is 0 Å². The summed E-state index contributed by atoms with van der Waals surface area (Å²) in [6.45, 7) is 18.0. The lowest BCUT2D eigenvalue weighted by Crippen LogP contribution is -2.56. The van der Waals surface area contributed by atoms with Crippen LogP contribution in [0.1, 0.15) is 47.4 Å². The third kappa shape index (κ3) is 7.47. The second-order valence-corrected chi connectivity index (χ2v) is 7.89. The summed E-state index contributed by atoms with van der Waals surface area (Å²) >= 11 is 0. The predicted molar refractivity (Wildman–Crippen MR) is 124 cm³/mol. The molecule has 9 heteroatoms. The summed E-state index contributed by atoms with van der Waals surface area (Å²) in [5.74, 6) is 1.86. The first-order valence-corrected chi connectivity index (χ1v) is 10.1. The number of aromatic nitrogens is 3. The maximum Gasteiger partial charge on any atom is 0.191 e. The molecular formula is C19H38IN7O. The van der Waals surface area contributed by atoms with Crippen LogP contribution in [0.15, 0.2) is 11.3 Å². The lowest BCUT2D eigenvalue weighted by atomic mass is 10.0. The zero-order valence-electron chi connectivity index (χ0n) is 18.2. The van der Waals surface area contributed by atoms with Crippen LogP contribution in [0.3, 0.4) is 0 Å². The van der Waals surface area contributed by atoms with E-state index in [4.69, 9.17) is 9.73 Å². The molecule has 2 unspecified atom stereocenters. The molecule has 0 saturated carbocycles. The third-order valence-electron chi connectivity index (χ3n) is 4.90. The number of aliphatic imine (C=N–C) groups is 1. The lowest BCUT2D eigenvalue weighted by molar-refractivity contribution is -0.0939. The lowest BCUT2D eigenvalue weighted by Gasteiger charge is -2.44. The second kappa shape index (κ2) is 11.9. The van der Waals surface area contributed by atoms with Crippen LogP contribution in [0, 0.1) is 0 Å². The standard InChI is InChI=1S/C19H37N7O.HI/c1-7-17-24-23-14-25(17)10-9-21-18(20-8-2)22-13-19(5,6)26-11-15(3)27-16(4)12-26;/h14-16H,7-13H2,1-6H3,(H2,20,21,22);1H. The topological polar surface area (TPSA) is 79.6 Å². The smallest absolute Gasteiger partial charge is 0.191 e. The highest BCUT2D eigenvalue weighted by Gasteiger charge is 2.33. The molecule has 1 aromatic rings. The molecule has 0 aromatic carbocycles. The molecule has 2 N–H and O–H groups in total. The fraction of sp³-hybridized carbons (Fsp3) is 0.842. The average Bonchev–Trinajstić information content (AvgIpc) is 3.06. The summed E-state index contributed by atoms with van der Waals surface area (Å²) < 4.78 is 7.95. The number of ether oxygens (including phenoxy) is 1. The van der Waals surface area contributed by atoms with Crippen LogP contribution in [0.25, 0.3) is 0 Å². The van der Waals surface area contributed by atoms with Crippen molar-refractivity contribution in [3.8, 4) is 0 Å². The molecule has 1 aliphatic heterocycles. The summed E-state index contributed by atoms with van der Waals surface area (Å²) in [5.41, 5.74) is -0.0156. The van der Waals surface area contributed by atoms with E-state index < -0.39 is 0 Å². The van der Waals surface area contributed by atoms with Crippen molar-refractivity contribution < 1.29 is 4.74 Å². The summed E-state index contributed by atoms with van der Waals surface area (Å²) in [5, 5.41) is 14.9. The van der Waals surface area contributed by atoms with Gasteiger partial charge < -0.3 is 19.9 Å². The second-order valence-electron chi connectivity index (χ2n) is 7.89. The van der Waals surface area contributed by atoms with Crippen molar-refractivity contribution in [2.24, 2.45) is 4.99 Å². The highest BCUT2D eigenvalue weighted by atomic mass is 127. The van der Waals surface area contributed by atoms with E-state index in [9.17, 15) is 0 Å². The van der Waals surface area contributed by atoms with Gasteiger partial charge in [-0.25, -0.2) is 0 Å². The molecule has 2 heterocycles. The Hall–Kier alpha value is -0.940. The number of hydrogen-bond acceptors (Lipinski definition) is 5. The van der Waals surface area contributed by atoms with E-state index in [1.807, 2.05) is 0 Å². The van der Waals surface area contributed by atoms with Crippen LogP contribution < -0.4 is 10.6 Å². The predicted octanol–water partition coefficient (Wildman–Crippen LogP) is 1.90. The zero-order valence-corrected chi connectivity index (χ0v) is 20.6. The van der Waals surface area contributed by atoms with E-state index in [1.165, 1.54) is 0 Å². The van der Waals surface area contributed by atoms with Gasteiger partial charge in [0.1, 0.15) is 12.2 Å². The molecule has 0 radical (unpaired) electrons. The quantitative estimate of drug-likeness (QED) is 0.318. The molecule has 1 fully saturated rings. The molecule has 2 rings (SSSR count). The first kappa shape index (κ1) is 25.1. The number of nitrogens with zero attached hydrogens (tertiary/aromatic N) is 5. The first-order chi connectivity index (χ1) is 12.9. The van der Waals surface area contributed by atoms with Crippen LogP contribution in [0.2, 0.25) is 0 Å². The minimum absolute atomic E-state index is 0. The van der Waals surface area contributed by atoms with Gasteiger partial charge in [-0.3, -0.25) is 9.89 Å². The van der Waals surface area contributed by atoms with Crippen LogP contribution in [-0.4, -0.2) is 76.1 Å². The SMILES string of the molecule is CCNC(=NCC(C)(C)N1CC(C)OC(C)C1)NCCn1cnnc1CC.I. The van der Waals surface area contributed by atoms with Crippen molar-refractivity contribution >= 4 is 29.9 Å². The zero-order chi connectivity index (χ0) is 19.9. The van der Waals surface area contributed by atoms with Crippen molar-refractivity contribution in [2.45, 2.75) is 72.3 Å². The largest absolute Gasteiger partial charge is 0.373 e. The number of rotatable bonds is 8. The Morgan fingerprint density at radius 1 is 1.25 bits per heavy atom. The Bertz CT molecular complexity index is 595. The number of guanidine groups is 1. The molecule has 1 aliphatic rings. The molecule has 0 amide bonds. The summed E-state index contributed by atoms with van der Waals surface area (Å²) in [4.78, 5) is 7.33. The molecule has 1 saturated heterocycles. The normalized spacial score (nSPS) is 21.3. The van der Waals surface area contributed by atoms with Gasteiger partial charge >= 0.3 is 0 Å². The van der Waals surface area contributed by atoms with Gasteiger partial charge in [0.15, 0.2) is 5.96 Å². The molecule has 0 aliphatic carbocycles. The molecule has 2 atom stereocenters. The fourth-order valence-electron chi connectivity index (χ4n) is 3.42. The van der Waals surface area contributed by atoms with E-state index in [1.54, 1.807) is 6.33 Å². The monoisotopic (exact) mass is 507 g/mol. The van der Waals surface area contributed by atoms with Crippen LogP contribution in [0.4, 0.5) is 0 Å². The maximum absolute atomic E-state index is 5.87. The van der Waals surface area contributed by atoms with E-state index >= 15 is 0 Å². The van der Waals surface area contributed by atoms with Crippen LogP contribution in [-0.2, 0) is 17.7 Å². The van der Waals surface area contributed by atoms with Gasteiger partial charge in [-0.05, 0) is 34.6 Å². The van der Waals surface area contributed by atoms with E-state index in [2.05, 4.69) is 71.8 Å². The molecule has 28 heavy (non-hydrogen) atoms. The number of halogens is 1. The fourth-order valence-corrected chi connectivity index (χ4v) is 3.42. The summed E-state index contributed by atoms with van der Waals surface area (Å²) in [7, 11) is 0. The van der Waals surface area contributed by atoms with Gasteiger partial charge in [-0.1, -0.05) is 6.92 Å². The number of morpholine rings is 1. The molecule has 0 spiro atoms. The maximum atomic E-state index is 5.87. The van der Waals surface area contributed by atoms with Crippen molar-refractivity contribution in [1.29, 1.82) is 0 Å². The van der Waals surface area contributed by atoms with Crippen molar-refractivity contribution in [3.05, 3.63) is 12.2 Å². The van der Waals surface area contributed by atoms with E-state index in [-0.39, 0.29) is 41.7 Å². The molecule has 162 valence electrons. The van der Waals surface area contributed by atoms with Gasteiger partial charge in [-0.2, -0.15) is 0 Å². The van der Waals surface area contributed by atoms with Crippen molar-refractivity contribution in [1.82, 2.24) is 30.3 Å². The Morgan fingerprint density at radius 2 is 1.93 bits per heavy atom. The number of aryl methyl sites for hydroxylation is 1. The van der Waals surface area contributed by atoms with Gasteiger partial charge in [0, 0.05) is 44.7 Å². The van der Waals surface area contributed by atoms with Gasteiger partial charge in [0.2, 0.25) is 0 Å². The molecule has 1 aromatic heterocycles. The molecule has 8 nitrogen and oxygen atoms in total. The number of nitrogens with one attached hydrogen (secondary N) is 2. The average molecular weight is 507 g/mol. The summed E-state index contributed by atoms with van der Waals surface area (Å²) in [6, 6.07) is 0. The summed E-state index contributed by atoms with van der Waals surface area (Å²) in [6.07, 6.45) is 3.20.